The predicted molar refractivity (Wildman–Crippen MR) is 99.1 cm³/mol. The summed E-state index contributed by atoms with van der Waals surface area (Å²) >= 11 is 0. The molecule has 2 aromatic heterocycles. The van der Waals surface area contributed by atoms with E-state index in [1.807, 2.05) is 31.3 Å². The van der Waals surface area contributed by atoms with Crippen molar-refractivity contribution >= 4 is 16.6 Å². The van der Waals surface area contributed by atoms with Gasteiger partial charge in [0.05, 0.1) is 17.8 Å². The number of aryl methyl sites for hydroxylation is 1. The van der Waals surface area contributed by atoms with Gasteiger partial charge in [0.25, 0.3) is 0 Å². The summed E-state index contributed by atoms with van der Waals surface area (Å²) in [5.41, 5.74) is 10.9. The first-order valence-electron chi connectivity index (χ1n) is 8.60. The van der Waals surface area contributed by atoms with Crippen LogP contribution in [-0.4, -0.2) is 34.6 Å². The Morgan fingerprint density at radius 3 is 3.00 bits per heavy atom. The number of aromatic nitrogens is 2. The number of pyridine rings is 2. The topological polar surface area (TPSA) is 64.3 Å². The summed E-state index contributed by atoms with van der Waals surface area (Å²) in [4.78, 5) is 11.5. The van der Waals surface area contributed by atoms with Crippen LogP contribution in [0.4, 0.5) is 5.69 Å². The number of hydrogen-bond acceptors (Lipinski definition) is 5. The molecule has 3 heterocycles. The zero-order valence-electron chi connectivity index (χ0n) is 14.4. The normalized spacial score (nSPS) is 18.5. The number of benzene rings is 1. The molecule has 25 heavy (non-hydrogen) atoms. The molecule has 4 rings (SSSR count). The molecule has 0 bridgehead atoms. The van der Waals surface area contributed by atoms with Crippen LogP contribution >= 0.6 is 0 Å². The van der Waals surface area contributed by atoms with E-state index < -0.39 is 0 Å². The SMILES string of the molecule is Cc1cc(N)cc([C@@H]2CN(Cc3ccnc4ccccc34)CCO2)n1. The molecule has 0 unspecified atom stereocenters. The highest BCUT2D eigenvalue weighted by Crippen LogP contribution is 2.25. The minimum absolute atomic E-state index is 0.0379. The van der Waals surface area contributed by atoms with E-state index in [2.05, 4.69) is 39.1 Å². The van der Waals surface area contributed by atoms with Crippen LogP contribution in [0.3, 0.4) is 0 Å². The maximum absolute atomic E-state index is 5.97. The first kappa shape index (κ1) is 16.0. The Labute approximate surface area is 147 Å². The molecular formula is C20H22N4O. The number of anilines is 1. The molecule has 128 valence electrons. The van der Waals surface area contributed by atoms with E-state index in [0.29, 0.717) is 6.61 Å². The van der Waals surface area contributed by atoms with Gasteiger partial charge in [0.2, 0.25) is 0 Å². The third-order valence-corrected chi connectivity index (χ3v) is 4.61. The van der Waals surface area contributed by atoms with Crippen LogP contribution in [0.25, 0.3) is 10.9 Å². The first-order valence-corrected chi connectivity index (χ1v) is 8.60. The number of fused-ring (bicyclic) bond motifs is 1. The zero-order valence-corrected chi connectivity index (χ0v) is 14.4. The summed E-state index contributed by atoms with van der Waals surface area (Å²) < 4.78 is 5.96. The van der Waals surface area contributed by atoms with Crippen molar-refractivity contribution in [3.8, 4) is 0 Å². The van der Waals surface area contributed by atoms with Gasteiger partial charge >= 0.3 is 0 Å². The third-order valence-electron chi connectivity index (χ3n) is 4.61. The highest BCUT2D eigenvalue weighted by Gasteiger charge is 2.24. The third kappa shape index (κ3) is 3.48. The Balaban J connectivity index is 1.55. The van der Waals surface area contributed by atoms with Crippen LogP contribution < -0.4 is 5.73 Å². The highest BCUT2D eigenvalue weighted by atomic mass is 16.5. The standard InChI is InChI=1S/C20H22N4O/c1-14-10-16(21)11-19(23-14)20-13-24(8-9-25-20)12-15-6-7-22-18-5-3-2-4-17(15)18/h2-7,10-11,20H,8-9,12-13H2,1H3,(H2,21,23)/t20-/m0/s1. The Morgan fingerprint density at radius 1 is 1.24 bits per heavy atom. The molecule has 3 aromatic rings. The van der Waals surface area contributed by atoms with Crippen LogP contribution in [0.1, 0.15) is 23.1 Å². The lowest BCUT2D eigenvalue weighted by Gasteiger charge is -2.33. The fourth-order valence-electron chi connectivity index (χ4n) is 3.45. The van der Waals surface area contributed by atoms with Gasteiger partial charge in [0.1, 0.15) is 6.10 Å². The zero-order chi connectivity index (χ0) is 17.2. The van der Waals surface area contributed by atoms with Crippen molar-refractivity contribution < 1.29 is 4.74 Å². The van der Waals surface area contributed by atoms with Crippen LogP contribution in [-0.2, 0) is 11.3 Å². The molecule has 0 aliphatic carbocycles. The van der Waals surface area contributed by atoms with E-state index >= 15 is 0 Å². The van der Waals surface area contributed by atoms with E-state index in [-0.39, 0.29) is 6.10 Å². The van der Waals surface area contributed by atoms with E-state index in [0.717, 1.165) is 42.2 Å². The Bertz CT molecular complexity index is 870. The summed E-state index contributed by atoms with van der Waals surface area (Å²) in [7, 11) is 0. The quantitative estimate of drug-likeness (QED) is 0.797. The van der Waals surface area contributed by atoms with Crippen LogP contribution in [0.5, 0.6) is 0 Å². The van der Waals surface area contributed by atoms with E-state index in [9.17, 15) is 0 Å². The average molecular weight is 334 g/mol. The number of hydrogen-bond donors (Lipinski definition) is 1. The lowest BCUT2D eigenvalue weighted by Crippen LogP contribution is -2.38. The summed E-state index contributed by atoms with van der Waals surface area (Å²) in [5, 5.41) is 1.21. The fourth-order valence-corrected chi connectivity index (χ4v) is 3.45. The van der Waals surface area contributed by atoms with E-state index in [1.54, 1.807) is 0 Å². The lowest BCUT2D eigenvalue weighted by atomic mass is 10.1. The molecule has 1 aromatic carbocycles. The molecule has 0 saturated carbocycles. The number of nitrogens with zero attached hydrogens (tertiary/aromatic N) is 3. The van der Waals surface area contributed by atoms with Gasteiger partial charge < -0.3 is 10.5 Å². The number of para-hydroxylation sites is 1. The molecule has 1 saturated heterocycles. The molecule has 0 radical (unpaired) electrons. The molecule has 0 spiro atoms. The van der Waals surface area contributed by atoms with Crippen LogP contribution in [0.15, 0.2) is 48.7 Å². The van der Waals surface area contributed by atoms with E-state index in [4.69, 9.17) is 10.5 Å². The van der Waals surface area contributed by atoms with Gasteiger partial charge in [-0.25, -0.2) is 0 Å². The number of rotatable bonds is 3. The molecule has 5 heteroatoms. The number of nitrogen functional groups attached to an aromatic ring is 1. The van der Waals surface area contributed by atoms with Crippen molar-refractivity contribution in [2.24, 2.45) is 0 Å². The lowest BCUT2D eigenvalue weighted by molar-refractivity contribution is -0.0349. The van der Waals surface area contributed by atoms with Gasteiger partial charge in [0, 0.05) is 42.6 Å². The van der Waals surface area contributed by atoms with Crippen molar-refractivity contribution in [3.63, 3.8) is 0 Å². The number of morpholine rings is 1. The second kappa shape index (κ2) is 6.78. The van der Waals surface area contributed by atoms with Gasteiger partial charge in [-0.1, -0.05) is 18.2 Å². The van der Waals surface area contributed by atoms with Crippen LogP contribution in [0.2, 0.25) is 0 Å². The smallest absolute Gasteiger partial charge is 0.112 e. The van der Waals surface area contributed by atoms with Crippen molar-refractivity contribution in [2.75, 3.05) is 25.4 Å². The number of ether oxygens (including phenoxy) is 1. The van der Waals surface area contributed by atoms with Crippen molar-refractivity contribution in [1.82, 2.24) is 14.9 Å². The minimum atomic E-state index is -0.0379. The van der Waals surface area contributed by atoms with Gasteiger partial charge in [0.15, 0.2) is 0 Å². The molecule has 5 nitrogen and oxygen atoms in total. The largest absolute Gasteiger partial charge is 0.399 e. The van der Waals surface area contributed by atoms with Crippen LogP contribution in [0, 0.1) is 6.92 Å². The summed E-state index contributed by atoms with van der Waals surface area (Å²) in [6, 6.07) is 14.2. The maximum Gasteiger partial charge on any atom is 0.112 e. The Kier molecular flexibility index (Phi) is 4.34. The monoisotopic (exact) mass is 334 g/mol. The average Bonchev–Trinajstić information content (AvgIpc) is 2.61. The Hall–Kier alpha value is -2.50. The summed E-state index contributed by atoms with van der Waals surface area (Å²) in [6.07, 6.45) is 1.85. The molecule has 1 atom stereocenters. The molecule has 0 amide bonds. The maximum atomic E-state index is 5.97. The van der Waals surface area contributed by atoms with Gasteiger partial charge in [-0.2, -0.15) is 0 Å². The van der Waals surface area contributed by atoms with Gasteiger partial charge in [-0.3, -0.25) is 14.9 Å². The molecule has 1 fully saturated rings. The van der Waals surface area contributed by atoms with Crippen molar-refractivity contribution in [1.29, 1.82) is 0 Å². The molecular weight excluding hydrogens is 312 g/mol. The van der Waals surface area contributed by atoms with Crippen molar-refractivity contribution in [2.45, 2.75) is 19.6 Å². The van der Waals surface area contributed by atoms with E-state index in [1.165, 1.54) is 10.9 Å². The molecule has 1 aliphatic rings. The second-order valence-electron chi connectivity index (χ2n) is 6.55. The first-order chi connectivity index (χ1) is 12.2. The van der Waals surface area contributed by atoms with Gasteiger partial charge in [-0.05, 0) is 36.8 Å². The number of nitrogens with two attached hydrogens (primary N) is 1. The predicted octanol–water partition coefficient (Wildman–Crippen LogP) is 3.09. The molecule has 1 aliphatic heterocycles. The fraction of sp³-hybridized carbons (Fsp3) is 0.300. The second-order valence-corrected chi connectivity index (χ2v) is 6.55. The highest BCUT2D eigenvalue weighted by molar-refractivity contribution is 5.81. The molecule has 2 N–H and O–H groups in total. The summed E-state index contributed by atoms with van der Waals surface area (Å²) in [5.74, 6) is 0. The Morgan fingerprint density at radius 2 is 2.12 bits per heavy atom. The van der Waals surface area contributed by atoms with Gasteiger partial charge in [-0.15, -0.1) is 0 Å². The summed E-state index contributed by atoms with van der Waals surface area (Å²) in [6.45, 7) is 5.26. The minimum Gasteiger partial charge on any atom is -0.399 e. The van der Waals surface area contributed by atoms with Crippen molar-refractivity contribution in [3.05, 3.63) is 65.6 Å².